The van der Waals surface area contributed by atoms with E-state index in [0.717, 1.165) is 23.5 Å². The molecule has 0 amide bonds. The Morgan fingerprint density at radius 2 is 2.17 bits per heavy atom. The Hall–Kier alpha value is -1.39. The third-order valence-electron chi connectivity index (χ3n) is 2.91. The molecule has 4 nitrogen and oxygen atoms in total. The van der Waals surface area contributed by atoms with Crippen LogP contribution in [-0.4, -0.2) is 20.8 Å². The van der Waals surface area contributed by atoms with Crippen LogP contribution in [0.3, 0.4) is 0 Å². The van der Waals surface area contributed by atoms with E-state index < -0.39 is 0 Å². The lowest BCUT2D eigenvalue weighted by Gasteiger charge is -2.11. The van der Waals surface area contributed by atoms with E-state index in [0.29, 0.717) is 11.4 Å². The summed E-state index contributed by atoms with van der Waals surface area (Å²) in [4.78, 5) is 4.27. The van der Waals surface area contributed by atoms with Crippen molar-refractivity contribution < 1.29 is 0 Å². The first-order chi connectivity index (χ1) is 8.58. The second kappa shape index (κ2) is 5.50. The number of pyridine rings is 1. The van der Waals surface area contributed by atoms with Crippen molar-refractivity contribution in [1.82, 2.24) is 14.8 Å². The van der Waals surface area contributed by atoms with Crippen LogP contribution in [0.4, 0.5) is 0 Å². The largest absolute Gasteiger partial charge is 0.327 e. The Labute approximate surface area is 112 Å². The number of nitrogens with two attached hydrogens (primary N) is 1. The molecule has 0 radical (unpaired) electrons. The molecule has 96 valence electrons. The van der Waals surface area contributed by atoms with E-state index in [9.17, 15) is 0 Å². The van der Waals surface area contributed by atoms with Gasteiger partial charge in [-0.2, -0.15) is 5.10 Å². The summed E-state index contributed by atoms with van der Waals surface area (Å²) in [5, 5.41) is 5.00. The molecular formula is C13H17ClN4. The van der Waals surface area contributed by atoms with Crippen molar-refractivity contribution in [2.45, 2.75) is 25.8 Å². The van der Waals surface area contributed by atoms with Gasteiger partial charge in [0.15, 0.2) is 0 Å². The molecule has 1 atom stereocenters. The summed E-state index contributed by atoms with van der Waals surface area (Å²) in [6.45, 7) is 1.90. The Bertz CT molecular complexity index is 521. The van der Waals surface area contributed by atoms with Crippen LogP contribution in [0.25, 0.3) is 0 Å². The third-order valence-corrected chi connectivity index (χ3v) is 3.41. The highest BCUT2D eigenvalue weighted by molar-refractivity contribution is 6.31. The maximum absolute atomic E-state index is 6.21. The molecule has 2 rings (SSSR count). The van der Waals surface area contributed by atoms with Crippen LogP contribution in [0.15, 0.2) is 24.4 Å². The van der Waals surface area contributed by atoms with E-state index in [1.54, 1.807) is 10.9 Å². The molecular weight excluding hydrogens is 248 g/mol. The fraction of sp³-hybridized carbons (Fsp3) is 0.385. The van der Waals surface area contributed by atoms with Gasteiger partial charge in [-0.3, -0.25) is 9.67 Å². The van der Waals surface area contributed by atoms with Crippen molar-refractivity contribution in [3.63, 3.8) is 0 Å². The van der Waals surface area contributed by atoms with Gasteiger partial charge in [0, 0.05) is 37.8 Å². The first-order valence-corrected chi connectivity index (χ1v) is 6.29. The molecule has 2 aromatic rings. The molecule has 0 aromatic carbocycles. The van der Waals surface area contributed by atoms with E-state index in [4.69, 9.17) is 17.3 Å². The smallest absolute Gasteiger partial charge is 0.0847 e. The van der Waals surface area contributed by atoms with Gasteiger partial charge in [-0.15, -0.1) is 0 Å². The molecule has 0 spiro atoms. The molecule has 0 fully saturated rings. The van der Waals surface area contributed by atoms with E-state index in [1.165, 1.54) is 0 Å². The summed E-state index contributed by atoms with van der Waals surface area (Å²) >= 11 is 6.21. The average Bonchev–Trinajstić information content (AvgIpc) is 2.57. The molecule has 0 bridgehead atoms. The minimum Gasteiger partial charge on any atom is -0.327 e. The summed E-state index contributed by atoms with van der Waals surface area (Å²) in [5.74, 6) is 0. The lowest BCUT2D eigenvalue weighted by atomic mass is 10.1. The first kappa shape index (κ1) is 13.1. The topological polar surface area (TPSA) is 56.7 Å². The molecule has 0 aliphatic rings. The zero-order valence-electron chi connectivity index (χ0n) is 10.6. The SMILES string of the molecule is Cc1nn(C)c(CC(N)Cc2ccccn2)c1Cl. The number of rotatable bonds is 4. The monoisotopic (exact) mass is 264 g/mol. The molecule has 0 aliphatic carbocycles. The van der Waals surface area contributed by atoms with Crippen molar-refractivity contribution in [3.8, 4) is 0 Å². The quantitative estimate of drug-likeness (QED) is 0.918. The summed E-state index contributed by atoms with van der Waals surface area (Å²) in [6.07, 6.45) is 3.22. The molecule has 2 N–H and O–H groups in total. The van der Waals surface area contributed by atoms with Crippen LogP contribution >= 0.6 is 11.6 Å². The molecule has 0 aliphatic heterocycles. The van der Waals surface area contributed by atoms with Crippen molar-refractivity contribution in [2.75, 3.05) is 0 Å². The molecule has 1 unspecified atom stereocenters. The number of hydrogen-bond donors (Lipinski definition) is 1. The normalized spacial score (nSPS) is 12.7. The predicted octanol–water partition coefficient (Wildman–Crippen LogP) is 1.89. The van der Waals surface area contributed by atoms with Crippen LogP contribution in [0.5, 0.6) is 0 Å². The van der Waals surface area contributed by atoms with Crippen molar-refractivity contribution >= 4 is 11.6 Å². The standard InChI is InChI=1S/C13H17ClN4/c1-9-13(14)12(18(2)17-9)8-10(15)7-11-5-3-4-6-16-11/h3-6,10H,7-8,15H2,1-2H3. The third kappa shape index (κ3) is 2.89. The number of hydrogen-bond acceptors (Lipinski definition) is 3. The number of nitrogens with zero attached hydrogens (tertiary/aromatic N) is 3. The molecule has 18 heavy (non-hydrogen) atoms. The fourth-order valence-corrected chi connectivity index (χ4v) is 2.25. The number of halogens is 1. The lowest BCUT2D eigenvalue weighted by Crippen LogP contribution is -2.27. The van der Waals surface area contributed by atoms with Gasteiger partial charge in [-0.1, -0.05) is 17.7 Å². The average molecular weight is 265 g/mol. The van der Waals surface area contributed by atoms with Crippen LogP contribution < -0.4 is 5.73 Å². The summed E-state index contributed by atoms with van der Waals surface area (Å²) in [5.41, 5.74) is 8.98. The first-order valence-electron chi connectivity index (χ1n) is 5.91. The molecule has 0 saturated carbocycles. The van der Waals surface area contributed by atoms with E-state index in [-0.39, 0.29) is 6.04 Å². The van der Waals surface area contributed by atoms with Crippen LogP contribution in [-0.2, 0) is 19.9 Å². The number of aromatic nitrogens is 3. The highest BCUT2D eigenvalue weighted by atomic mass is 35.5. The zero-order valence-corrected chi connectivity index (χ0v) is 11.4. The Morgan fingerprint density at radius 1 is 1.39 bits per heavy atom. The fourth-order valence-electron chi connectivity index (χ4n) is 2.01. The molecule has 2 heterocycles. The second-order valence-electron chi connectivity index (χ2n) is 4.46. The Balaban J connectivity index is 2.05. The van der Waals surface area contributed by atoms with Gasteiger partial charge in [0.05, 0.1) is 16.4 Å². The zero-order chi connectivity index (χ0) is 13.1. The highest BCUT2D eigenvalue weighted by Gasteiger charge is 2.15. The summed E-state index contributed by atoms with van der Waals surface area (Å²) in [6, 6.07) is 5.84. The summed E-state index contributed by atoms with van der Waals surface area (Å²) in [7, 11) is 1.89. The summed E-state index contributed by atoms with van der Waals surface area (Å²) < 4.78 is 1.80. The Morgan fingerprint density at radius 3 is 2.72 bits per heavy atom. The van der Waals surface area contributed by atoms with Gasteiger partial charge in [-0.25, -0.2) is 0 Å². The van der Waals surface area contributed by atoms with Gasteiger partial charge < -0.3 is 5.73 Å². The van der Waals surface area contributed by atoms with Crippen LogP contribution in [0, 0.1) is 6.92 Å². The minimum absolute atomic E-state index is 0.00722. The second-order valence-corrected chi connectivity index (χ2v) is 4.84. The van der Waals surface area contributed by atoms with E-state index in [2.05, 4.69) is 10.1 Å². The lowest BCUT2D eigenvalue weighted by molar-refractivity contribution is 0.607. The van der Waals surface area contributed by atoms with Crippen LogP contribution in [0.2, 0.25) is 5.02 Å². The van der Waals surface area contributed by atoms with Crippen molar-refractivity contribution in [2.24, 2.45) is 12.8 Å². The van der Waals surface area contributed by atoms with E-state index in [1.807, 2.05) is 32.2 Å². The van der Waals surface area contributed by atoms with Crippen LogP contribution in [0.1, 0.15) is 17.1 Å². The van der Waals surface area contributed by atoms with Crippen molar-refractivity contribution in [3.05, 3.63) is 46.5 Å². The predicted molar refractivity (Wildman–Crippen MR) is 72.6 cm³/mol. The van der Waals surface area contributed by atoms with Crippen molar-refractivity contribution in [1.29, 1.82) is 0 Å². The maximum atomic E-state index is 6.21. The highest BCUT2D eigenvalue weighted by Crippen LogP contribution is 2.20. The van der Waals surface area contributed by atoms with E-state index >= 15 is 0 Å². The molecule has 0 saturated heterocycles. The van der Waals surface area contributed by atoms with Gasteiger partial charge >= 0.3 is 0 Å². The van der Waals surface area contributed by atoms with Gasteiger partial charge in [-0.05, 0) is 19.1 Å². The van der Waals surface area contributed by atoms with Gasteiger partial charge in [0.1, 0.15) is 0 Å². The maximum Gasteiger partial charge on any atom is 0.0847 e. The Kier molecular flexibility index (Phi) is 3.99. The molecule has 2 aromatic heterocycles. The van der Waals surface area contributed by atoms with Gasteiger partial charge in [0.2, 0.25) is 0 Å². The number of aryl methyl sites for hydroxylation is 2. The minimum atomic E-state index is -0.00722. The van der Waals surface area contributed by atoms with Gasteiger partial charge in [0.25, 0.3) is 0 Å². The molecule has 5 heteroatoms.